The number of aryl methyl sites for hydroxylation is 1. The molecule has 0 aliphatic heterocycles. The van der Waals surface area contributed by atoms with E-state index in [2.05, 4.69) is 9.97 Å². The van der Waals surface area contributed by atoms with Crippen molar-refractivity contribution in [1.29, 1.82) is 0 Å². The van der Waals surface area contributed by atoms with Crippen LogP contribution in [0.25, 0.3) is 0 Å². The summed E-state index contributed by atoms with van der Waals surface area (Å²) < 4.78 is 0. The third-order valence-electron chi connectivity index (χ3n) is 2.68. The lowest BCUT2D eigenvalue weighted by molar-refractivity contribution is 0.197. The van der Waals surface area contributed by atoms with Crippen LogP contribution in [0.2, 0.25) is 5.02 Å². The Bertz CT molecular complexity index is 575. The molecule has 0 aliphatic rings. The first-order valence-corrected chi connectivity index (χ1v) is 7.31. The number of aliphatic hydroxyl groups is 1. The number of thioether (sulfide) groups is 1. The van der Waals surface area contributed by atoms with E-state index in [0.717, 1.165) is 27.0 Å². The van der Waals surface area contributed by atoms with E-state index in [-0.39, 0.29) is 0 Å². The van der Waals surface area contributed by atoms with Crippen LogP contribution in [0.5, 0.6) is 0 Å². The molecule has 0 spiro atoms. The molecule has 0 amide bonds. The van der Waals surface area contributed by atoms with Crippen molar-refractivity contribution in [1.82, 2.24) is 9.97 Å². The number of halogens is 1. The van der Waals surface area contributed by atoms with Crippen molar-refractivity contribution in [2.75, 3.05) is 0 Å². The van der Waals surface area contributed by atoms with E-state index in [4.69, 9.17) is 11.6 Å². The monoisotopic (exact) mass is 294 g/mol. The van der Waals surface area contributed by atoms with Gasteiger partial charge in [-0.2, -0.15) is 0 Å². The van der Waals surface area contributed by atoms with Crippen LogP contribution in [0, 0.1) is 6.92 Å². The second-order valence-electron chi connectivity index (χ2n) is 4.25. The summed E-state index contributed by atoms with van der Waals surface area (Å²) in [6.07, 6.45) is 1.16. The molecular formula is C14H15ClN2OS. The SMILES string of the molecule is Cc1nc(CSc2cccc(Cl)c2)ncc1[C@H](C)O. The van der Waals surface area contributed by atoms with E-state index >= 15 is 0 Å². The van der Waals surface area contributed by atoms with Gasteiger partial charge in [-0.15, -0.1) is 11.8 Å². The lowest BCUT2D eigenvalue weighted by Gasteiger charge is -2.09. The first kappa shape index (κ1) is 14.3. The molecule has 0 unspecified atom stereocenters. The summed E-state index contributed by atoms with van der Waals surface area (Å²) in [6.45, 7) is 3.60. The summed E-state index contributed by atoms with van der Waals surface area (Å²) >= 11 is 7.57. The van der Waals surface area contributed by atoms with Crippen LogP contribution in [-0.2, 0) is 5.75 Å². The van der Waals surface area contributed by atoms with E-state index in [1.165, 1.54) is 0 Å². The zero-order chi connectivity index (χ0) is 13.8. The molecular weight excluding hydrogens is 280 g/mol. The minimum Gasteiger partial charge on any atom is -0.389 e. The highest BCUT2D eigenvalue weighted by Gasteiger charge is 2.08. The smallest absolute Gasteiger partial charge is 0.138 e. The summed E-state index contributed by atoms with van der Waals surface area (Å²) in [4.78, 5) is 9.77. The minimum absolute atomic E-state index is 0.533. The third kappa shape index (κ3) is 3.93. The highest BCUT2D eigenvalue weighted by atomic mass is 35.5. The van der Waals surface area contributed by atoms with E-state index in [9.17, 15) is 5.11 Å². The van der Waals surface area contributed by atoms with Gasteiger partial charge in [0.2, 0.25) is 0 Å². The maximum atomic E-state index is 9.53. The van der Waals surface area contributed by atoms with Crippen LogP contribution in [0.3, 0.4) is 0 Å². The maximum absolute atomic E-state index is 9.53. The fourth-order valence-electron chi connectivity index (χ4n) is 1.71. The molecule has 0 radical (unpaired) electrons. The molecule has 0 aliphatic carbocycles. The molecule has 1 aromatic heterocycles. The summed E-state index contributed by atoms with van der Waals surface area (Å²) in [5, 5.41) is 10.3. The number of hydrogen-bond donors (Lipinski definition) is 1. The molecule has 1 aromatic carbocycles. The first-order chi connectivity index (χ1) is 9.06. The van der Waals surface area contributed by atoms with Crippen LogP contribution in [0.4, 0.5) is 0 Å². The van der Waals surface area contributed by atoms with Gasteiger partial charge in [-0.1, -0.05) is 17.7 Å². The molecule has 1 heterocycles. The van der Waals surface area contributed by atoms with Gasteiger partial charge in [0.1, 0.15) is 5.82 Å². The summed E-state index contributed by atoms with van der Waals surface area (Å²) in [5.41, 5.74) is 1.60. The Kier molecular flexibility index (Phi) is 4.80. The van der Waals surface area contributed by atoms with Crippen molar-refractivity contribution < 1.29 is 5.11 Å². The lowest BCUT2D eigenvalue weighted by atomic mass is 10.1. The summed E-state index contributed by atoms with van der Waals surface area (Å²) in [7, 11) is 0. The fraction of sp³-hybridized carbons (Fsp3) is 0.286. The lowest BCUT2D eigenvalue weighted by Crippen LogP contribution is -2.02. The molecule has 0 bridgehead atoms. The van der Waals surface area contributed by atoms with Gasteiger partial charge in [-0.25, -0.2) is 9.97 Å². The van der Waals surface area contributed by atoms with Gasteiger partial charge in [0.25, 0.3) is 0 Å². The van der Waals surface area contributed by atoms with Gasteiger partial charge in [-0.3, -0.25) is 0 Å². The van der Waals surface area contributed by atoms with Crippen molar-refractivity contribution in [2.24, 2.45) is 0 Å². The van der Waals surface area contributed by atoms with Crippen molar-refractivity contribution in [3.8, 4) is 0 Å². The number of aliphatic hydroxyl groups excluding tert-OH is 1. The Morgan fingerprint density at radius 3 is 2.84 bits per heavy atom. The van der Waals surface area contributed by atoms with Gasteiger partial charge < -0.3 is 5.11 Å². The Hall–Kier alpha value is -1.10. The largest absolute Gasteiger partial charge is 0.389 e. The Morgan fingerprint density at radius 1 is 1.42 bits per heavy atom. The van der Waals surface area contributed by atoms with Crippen LogP contribution >= 0.6 is 23.4 Å². The van der Waals surface area contributed by atoms with E-state index in [1.807, 2.05) is 31.2 Å². The van der Waals surface area contributed by atoms with Gasteiger partial charge in [-0.05, 0) is 32.0 Å². The van der Waals surface area contributed by atoms with Crippen molar-refractivity contribution in [3.63, 3.8) is 0 Å². The van der Waals surface area contributed by atoms with E-state index in [0.29, 0.717) is 5.75 Å². The third-order valence-corrected chi connectivity index (χ3v) is 3.91. The average Bonchev–Trinajstić information content (AvgIpc) is 2.36. The van der Waals surface area contributed by atoms with Crippen LogP contribution in [0.15, 0.2) is 35.4 Å². The molecule has 1 N–H and O–H groups in total. The second-order valence-corrected chi connectivity index (χ2v) is 5.73. The first-order valence-electron chi connectivity index (χ1n) is 5.95. The average molecular weight is 295 g/mol. The molecule has 19 heavy (non-hydrogen) atoms. The Morgan fingerprint density at radius 2 is 2.21 bits per heavy atom. The van der Waals surface area contributed by atoms with Gasteiger partial charge in [0.15, 0.2) is 0 Å². The van der Waals surface area contributed by atoms with Gasteiger partial charge in [0.05, 0.1) is 11.9 Å². The van der Waals surface area contributed by atoms with Crippen LogP contribution in [0.1, 0.15) is 30.1 Å². The number of aromatic nitrogens is 2. The fourth-order valence-corrected chi connectivity index (χ4v) is 2.78. The minimum atomic E-state index is -0.533. The number of hydrogen-bond acceptors (Lipinski definition) is 4. The molecule has 3 nitrogen and oxygen atoms in total. The van der Waals surface area contributed by atoms with Crippen molar-refractivity contribution >= 4 is 23.4 Å². The molecule has 1 atom stereocenters. The predicted molar refractivity (Wildman–Crippen MR) is 78.4 cm³/mol. The van der Waals surface area contributed by atoms with Gasteiger partial charge >= 0.3 is 0 Å². The molecule has 5 heteroatoms. The molecule has 2 rings (SSSR count). The molecule has 2 aromatic rings. The van der Waals surface area contributed by atoms with Crippen molar-refractivity contribution in [3.05, 3.63) is 52.6 Å². The molecule has 0 fully saturated rings. The number of nitrogens with zero attached hydrogens (tertiary/aromatic N) is 2. The number of rotatable bonds is 4. The van der Waals surface area contributed by atoms with Gasteiger partial charge in [0, 0.05) is 27.4 Å². The Labute approximate surface area is 122 Å². The zero-order valence-electron chi connectivity index (χ0n) is 10.8. The second kappa shape index (κ2) is 6.37. The Balaban J connectivity index is 2.06. The topological polar surface area (TPSA) is 46.0 Å². The summed E-state index contributed by atoms with van der Waals surface area (Å²) in [6, 6.07) is 7.70. The van der Waals surface area contributed by atoms with Crippen LogP contribution < -0.4 is 0 Å². The van der Waals surface area contributed by atoms with Crippen LogP contribution in [-0.4, -0.2) is 15.1 Å². The highest BCUT2D eigenvalue weighted by molar-refractivity contribution is 7.98. The molecule has 0 saturated heterocycles. The number of benzene rings is 1. The van der Waals surface area contributed by atoms with Crippen molar-refractivity contribution in [2.45, 2.75) is 30.6 Å². The van der Waals surface area contributed by atoms with E-state index < -0.39 is 6.10 Å². The standard InChI is InChI=1S/C14H15ClN2OS/c1-9-13(10(2)18)7-16-14(17-9)8-19-12-5-3-4-11(15)6-12/h3-7,10,18H,8H2,1-2H3/t10-/m0/s1. The molecule has 100 valence electrons. The highest BCUT2D eigenvalue weighted by Crippen LogP contribution is 2.24. The van der Waals surface area contributed by atoms with E-state index in [1.54, 1.807) is 24.9 Å². The maximum Gasteiger partial charge on any atom is 0.138 e. The summed E-state index contributed by atoms with van der Waals surface area (Å²) in [5.74, 6) is 1.44. The normalized spacial score (nSPS) is 12.4. The predicted octanol–water partition coefficient (Wildman–Crippen LogP) is 3.78. The molecule has 0 saturated carbocycles. The zero-order valence-corrected chi connectivity index (χ0v) is 12.4. The quantitative estimate of drug-likeness (QED) is 0.872.